The molecule has 21 heavy (non-hydrogen) atoms. The Morgan fingerprint density at radius 2 is 2.29 bits per heavy atom. The van der Waals surface area contributed by atoms with Crippen LogP contribution in [0.4, 0.5) is 5.69 Å². The normalized spacial score (nSPS) is 18.5. The average Bonchev–Trinajstić information content (AvgIpc) is 2.49. The van der Waals surface area contributed by atoms with E-state index in [0.29, 0.717) is 23.7 Å². The van der Waals surface area contributed by atoms with Crippen LogP contribution in [0, 0.1) is 0 Å². The van der Waals surface area contributed by atoms with Gasteiger partial charge in [-0.25, -0.2) is 0 Å². The number of anilines is 1. The zero-order valence-electron chi connectivity index (χ0n) is 12.5. The summed E-state index contributed by atoms with van der Waals surface area (Å²) in [6, 6.07) is 5.34. The van der Waals surface area contributed by atoms with Crippen molar-refractivity contribution in [2.75, 3.05) is 19.4 Å². The average molecular weight is 311 g/mol. The summed E-state index contributed by atoms with van der Waals surface area (Å²) in [7, 11) is 1.80. The van der Waals surface area contributed by atoms with Crippen LogP contribution in [0.15, 0.2) is 18.2 Å². The van der Waals surface area contributed by atoms with E-state index in [-0.39, 0.29) is 12.0 Å². The van der Waals surface area contributed by atoms with Crippen LogP contribution >= 0.6 is 11.6 Å². The third-order valence-corrected chi connectivity index (χ3v) is 4.23. The van der Waals surface area contributed by atoms with E-state index >= 15 is 0 Å². The lowest BCUT2D eigenvalue weighted by Gasteiger charge is -2.24. The molecule has 1 fully saturated rings. The van der Waals surface area contributed by atoms with E-state index < -0.39 is 0 Å². The first-order valence-electron chi connectivity index (χ1n) is 7.45. The van der Waals surface area contributed by atoms with E-state index in [1.54, 1.807) is 24.1 Å². The highest BCUT2D eigenvalue weighted by atomic mass is 35.5. The molecule has 116 valence electrons. The second-order valence-electron chi connectivity index (χ2n) is 5.63. The Labute approximate surface area is 131 Å². The number of nitrogens with zero attached hydrogens (tertiary/aromatic N) is 1. The molecule has 1 aromatic rings. The number of amides is 1. The second-order valence-corrected chi connectivity index (χ2v) is 6.04. The summed E-state index contributed by atoms with van der Waals surface area (Å²) < 4.78 is 5.65. The zero-order chi connectivity index (χ0) is 15.2. The van der Waals surface area contributed by atoms with E-state index in [4.69, 9.17) is 22.1 Å². The van der Waals surface area contributed by atoms with Crippen molar-refractivity contribution < 1.29 is 9.53 Å². The maximum atomic E-state index is 12.2. The molecule has 1 heterocycles. The number of nitrogens with two attached hydrogens (primary N) is 1. The first-order valence-corrected chi connectivity index (χ1v) is 7.83. The van der Waals surface area contributed by atoms with Crippen molar-refractivity contribution in [1.29, 1.82) is 0 Å². The predicted molar refractivity (Wildman–Crippen MR) is 85.2 cm³/mol. The molecule has 2 N–H and O–H groups in total. The maximum absolute atomic E-state index is 12.2. The van der Waals surface area contributed by atoms with Crippen molar-refractivity contribution in [3.63, 3.8) is 0 Å². The molecule has 0 spiro atoms. The Morgan fingerprint density at radius 1 is 1.48 bits per heavy atom. The van der Waals surface area contributed by atoms with E-state index in [2.05, 4.69) is 0 Å². The van der Waals surface area contributed by atoms with Crippen molar-refractivity contribution >= 4 is 23.2 Å². The highest BCUT2D eigenvalue weighted by Crippen LogP contribution is 2.21. The van der Waals surface area contributed by atoms with E-state index in [9.17, 15) is 4.79 Å². The molecule has 0 bridgehead atoms. The number of ether oxygens (including phenoxy) is 1. The highest BCUT2D eigenvalue weighted by Gasteiger charge is 2.17. The van der Waals surface area contributed by atoms with Gasteiger partial charge in [0.1, 0.15) is 0 Å². The molecule has 0 aliphatic carbocycles. The Hall–Kier alpha value is -1.26. The monoisotopic (exact) mass is 310 g/mol. The van der Waals surface area contributed by atoms with Crippen LogP contribution in [0.1, 0.15) is 37.7 Å². The molecular formula is C16H23ClN2O2. The number of halogens is 1. The van der Waals surface area contributed by atoms with Gasteiger partial charge in [-0.05, 0) is 49.4 Å². The summed E-state index contributed by atoms with van der Waals surface area (Å²) in [5, 5.41) is 0.638. The minimum absolute atomic E-state index is 0.114. The lowest BCUT2D eigenvalue weighted by Crippen LogP contribution is -2.28. The number of hydrogen-bond acceptors (Lipinski definition) is 3. The van der Waals surface area contributed by atoms with E-state index in [0.717, 1.165) is 31.4 Å². The smallest absolute Gasteiger partial charge is 0.222 e. The molecule has 0 aromatic heterocycles. The van der Waals surface area contributed by atoms with Crippen LogP contribution in [0.5, 0.6) is 0 Å². The van der Waals surface area contributed by atoms with Crippen molar-refractivity contribution in [2.45, 2.75) is 44.8 Å². The molecule has 1 unspecified atom stereocenters. The van der Waals surface area contributed by atoms with E-state index in [1.807, 2.05) is 6.07 Å². The Balaban J connectivity index is 1.82. The summed E-state index contributed by atoms with van der Waals surface area (Å²) >= 11 is 6.13. The van der Waals surface area contributed by atoms with Gasteiger partial charge in [0.25, 0.3) is 0 Å². The summed E-state index contributed by atoms with van der Waals surface area (Å²) in [5.41, 5.74) is 7.29. The number of carbonyl (C=O) groups excluding carboxylic acids is 1. The van der Waals surface area contributed by atoms with Gasteiger partial charge in [-0.3, -0.25) is 4.79 Å². The van der Waals surface area contributed by atoms with Gasteiger partial charge < -0.3 is 15.4 Å². The highest BCUT2D eigenvalue weighted by molar-refractivity contribution is 6.31. The van der Waals surface area contributed by atoms with Crippen molar-refractivity contribution in [1.82, 2.24) is 4.90 Å². The fourth-order valence-corrected chi connectivity index (χ4v) is 2.75. The molecule has 1 amide bonds. The fraction of sp³-hybridized carbons (Fsp3) is 0.562. The largest absolute Gasteiger partial charge is 0.399 e. The van der Waals surface area contributed by atoms with E-state index in [1.165, 1.54) is 6.42 Å². The van der Waals surface area contributed by atoms with Crippen LogP contribution in [0.2, 0.25) is 5.02 Å². The summed E-state index contributed by atoms with van der Waals surface area (Å²) in [6.45, 7) is 1.31. The number of hydrogen-bond donors (Lipinski definition) is 1. The van der Waals surface area contributed by atoms with Crippen LogP contribution in [0.3, 0.4) is 0 Å². The summed E-state index contributed by atoms with van der Waals surface area (Å²) in [4.78, 5) is 13.9. The quantitative estimate of drug-likeness (QED) is 0.850. The lowest BCUT2D eigenvalue weighted by atomic mass is 10.0. The Kier molecular flexibility index (Phi) is 5.88. The van der Waals surface area contributed by atoms with Gasteiger partial charge >= 0.3 is 0 Å². The second kappa shape index (κ2) is 7.66. The molecule has 1 saturated heterocycles. The molecule has 1 aromatic carbocycles. The van der Waals surface area contributed by atoms with Crippen molar-refractivity contribution in [3.05, 3.63) is 28.8 Å². The van der Waals surface area contributed by atoms with Gasteiger partial charge in [-0.15, -0.1) is 0 Å². The van der Waals surface area contributed by atoms with Gasteiger partial charge in [-0.1, -0.05) is 11.6 Å². The van der Waals surface area contributed by atoms with Crippen LogP contribution in [-0.4, -0.2) is 30.6 Å². The third-order valence-electron chi connectivity index (χ3n) is 3.86. The molecule has 0 radical (unpaired) electrons. The Morgan fingerprint density at radius 3 is 3.00 bits per heavy atom. The molecule has 1 atom stereocenters. The van der Waals surface area contributed by atoms with Crippen molar-refractivity contribution in [3.8, 4) is 0 Å². The Bertz CT molecular complexity index is 487. The van der Waals surface area contributed by atoms with Crippen LogP contribution in [0.25, 0.3) is 0 Å². The number of benzene rings is 1. The van der Waals surface area contributed by atoms with Crippen molar-refractivity contribution in [2.24, 2.45) is 0 Å². The molecule has 2 rings (SSSR count). The number of rotatable bonds is 5. The molecule has 4 nitrogen and oxygen atoms in total. The third kappa shape index (κ3) is 4.90. The maximum Gasteiger partial charge on any atom is 0.222 e. The van der Waals surface area contributed by atoms with Gasteiger partial charge in [0, 0.05) is 37.3 Å². The SMILES string of the molecule is CN(Cc1cc(N)ccc1Cl)C(=O)CCC1CCCCO1. The summed E-state index contributed by atoms with van der Waals surface area (Å²) in [5.74, 6) is 0.114. The topological polar surface area (TPSA) is 55.6 Å². The van der Waals surface area contributed by atoms with Gasteiger partial charge in [0.15, 0.2) is 0 Å². The standard InChI is InChI=1S/C16H23ClN2O2/c1-19(11-12-10-13(18)5-7-15(12)17)16(20)8-6-14-4-2-3-9-21-14/h5,7,10,14H,2-4,6,8-9,11,18H2,1H3. The van der Waals surface area contributed by atoms with Crippen LogP contribution < -0.4 is 5.73 Å². The number of nitrogen functional groups attached to an aromatic ring is 1. The predicted octanol–water partition coefficient (Wildman–Crippen LogP) is 3.23. The van der Waals surface area contributed by atoms with Gasteiger partial charge in [0.05, 0.1) is 6.10 Å². The molecular weight excluding hydrogens is 288 g/mol. The zero-order valence-corrected chi connectivity index (χ0v) is 13.2. The lowest BCUT2D eigenvalue weighted by molar-refractivity contribution is -0.131. The van der Waals surface area contributed by atoms with Crippen LogP contribution in [-0.2, 0) is 16.1 Å². The first-order chi connectivity index (χ1) is 10.1. The summed E-state index contributed by atoms with van der Waals surface area (Å²) in [6.07, 6.45) is 4.96. The molecule has 1 aliphatic heterocycles. The molecule has 5 heteroatoms. The minimum Gasteiger partial charge on any atom is -0.399 e. The molecule has 1 aliphatic rings. The van der Waals surface area contributed by atoms with Gasteiger partial charge in [0.2, 0.25) is 5.91 Å². The number of carbonyl (C=O) groups is 1. The van der Waals surface area contributed by atoms with Gasteiger partial charge in [-0.2, -0.15) is 0 Å². The molecule has 0 saturated carbocycles. The minimum atomic E-state index is 0.114. The fourth-order valence-electron chi connectivity index (χ4n) is 2.57. The first kappa shape index (κ1) is 16.1.